The van der Waals surface area contributed by atoms with Crippen molar-refractivity contribution >= 4 is 8.80 Å². The van der Waals surface area contributed by atoms with Gasteiger partial charge in [-0.1, -0.05) is 54.1 Å². The topological polar surface area (TPSA) is 27.7 Å². The molecule has 0 saturated carbocycles. The lowest BCUT2D eigenvalue weighted by Crippen LogP contribution is -2.42. The minimum absolute atomic E-state index is 0.830. The minimum Gasteiger partial charge on any atom is -0.377 e. The van der Waals surface area contributed by atoms with Crippen LogP contribution < -0.4 is 0 Å². The summed E-state index contributed by atoms with van der Waals surface area (Å²) in [4.78, 5) is 0. The molecule has 0 aromatic heterocycles. The van der Waals surface area contributed by atoms with Crippen molar-refractivity contribution in [1.82, 2.24) is 0 Å². The van der Waals surface area contributed by atoms with E-state index < -0.39 is 8.80 Å². The molecule has 23 heavy (non-hydrogen) atoms. The number of benzene rings is 2. The van der Waals surface area contributed by atoms with Gasteiger partial charge in [-0.3, -0.25) is 0 Å². The summed E-state index contributed by atoms with van der Waals surface area (Å²) >= 11 is 0. The smallest absolute Gasteiger partial charge is 0.377 e. The predicted octanol–water partition coefficient (Wildman–Crippen LogP) is 4.47. The van der Waals surface area contributed by atoms with E-state index in [0.717, 1.165) is 18.9 Å². The summed E-state index contributed by atoms with van der Waals surface area (Å²) in [6.45, 7) is 2.11. The molecule has 0 heterocycles. The number of aryl methyl sites for hydroxylation is 2. The fourth-order valence-corrected chi connectivity index (χ4v) is 4.40. The molecule has 2 rings (SSSR count). The van der Waals surface area contributed by atoms with Gasteiger partial charge in [0.15, 0.2) is 0 Å². The van der Waals surface area contributed by atoms with Gasteiger partial charge in [0.05, 0.1) is 0 Å². The van der Waals surface area contributed by atoms with Gasteiger partial charge in [0.25, 0.3) is 0 Å². The normalized spacial score (nSPS) is 11.7. The Balaban J connectivity index is 1.94. The molecule has 0 spiro atoms. The quantitative estimate of drug-likeness (QED) is 0.668. The molecule has 2 aromatic carbocycles. The van der Waals surface area contributed by atoms with E-state index in [9.17, 15) is 0 Å². The maximum absolute atomic E-state index is 5.46. The van der Waals surface area contributed by atoms with Crippen molar-refractivity contribution < 1.29 is 13.3 Å². The molecular formula is C19H26O3Si. The molecule has 0 bridgehead atoms. The maximum atomic E-state index is 5.46. The summed E-state index contributed by atoms with van der Waals surface area (Å²) in [5.41, 5.74) is 5.12. The van der Waals surface area contributed by atoms with Gasteiger partial charge >= 0.3 is 8.80 Å². The van der Waals surface area contributed by atoms with Crippen molar-refractivity contribution in [1.29, 1.82) is 0 Å². The largest absolute Gasteiger partial charge is 0.500 e. The predicted molar refractivity (Wildman–Crippen MR) is 96.5 cm³/mol. The van der Waals surface area contributed by atoms with E-state index in [2.05, 4.69) is 55.5 Å². The van der Waals surface area contributed by atoms with E-state index in [4.69, 9.17) is 13.3 Å². The first kappa shape index (κ1) is 17.9. The van der Waals surface area contributed by atoms with E-state index >= 15 is 0 Å². The zero-order valence-corrected chi connectivity index (χ0v) is 15.5. The lowest BCUT2D eigenvalue weighted by Gasteiger charge is -2.24. The van der Waals surface area contributed by atoms with Crippen molar-refractivity contribution in [3.8, 4) is 11.1 Å². The average Bonchev–Trinajstić information content (AvgIpc) is 2.61. The fraction of sp³-hybridized carbons (Fsp3) is 0.368. The highest BCUT2D eigenvalue weighted by Crippen LogP contribution is 2.22. The second kappa shape index (κ2) is 8.41. The van der Waals surface area contributed by atoms with Crippen molar-refractivity contribution in [3.05, 3.63) is 59.7 Å². The van der Waals surface area contributed by atoms with E-state index in [1.807, 2.05) is 0 Å². The lowest BCUT2D eigenvalue weighted by atomic mass is 10.0. The summed E-state index contributed by atoms with van der Waals surface area (Å²) in [5, 5.41) is 0. The van der Waals surface area contributed by atoms with Gasteiger partial charge in [-0.05, 0) is 36.5 Å². The zero-order valence-electron chi connectivity index (χ0n) is 14.5. The third kappa shape index (κ3) is 4.75. The maximum Gasteiger partial charge on any atom is 0.500 e. The first-order chi connectivity index (χ1) is 11.1. The van der Waals surface area contributed by atoms with Crippen LogP contribution in [0.2, 0.25) is 6.04 Å². The van der Waals surface area contributed by atoms with E-state index in [-0.39, 0.29) is 0 Å². The van der Waals surface area contributed by atoms with Crippen LogP contribution in [0.4, 0.5) is 0 Å². The highest BCUT2D eigenvalue weighted by Gasteiger charge is 2.36. The molecule has 4 heteroatoms. The van der Waals surface area contributed by atoms with Gasteiger partial charge < -0.3 is 13.3 Å². The SMILES string of the molecule is CO[Si](CCCc1ccc(-c2ccc(C)cc2)cc1)(OC)OC. The van der Waals surface area contributed by atoms with Gasteiger partial charge in [0.2, 0.25) is 0 Å². The second-order valence-corrected chi connectivity index (χ2v) is 8.80. The highest BCUT2D eigenvalue weighted by molar-refractivity contribution is 6.60. The van der Waals surface area contributed by atoms with Crippen molar-refractivity contribution in [2.75, 3.05) is 21.3 Å². The minimum atomic E-state index is -2.44. The first-order valence-corrected chi connectivity index (χ1v) is 9.87. The van der Waals surface area contributed by atoms with Crippen LogP contribution in [0.5, 0.6) is 0 Å². The fourth-order valence-electron chi connectivity index (χ4n) is 2.68. The monoisotopic (exact) mass is 330 g/mol. The molecule has 0 aliphatic heterocycles. The highest BCUT2D eigenvalue weighted by atomic mass is 28.4. The van der Waals surface area contributed by atoms with Crippen molar-refractivity contribution in [3.63, 3.8) is 0 Å². The molecule has 0 fully saturated rings. The van der Waals surface area contributed by atoms with Gasteiger partial charge in [-0.2, -0.15) is 0 Å². The molecule has 0 atom stereocenters. The van der Waals surface area contributed by atoms with Crippen LogP contribution in [0.25, 0.3) is 11.1 Å². The number of rotatable bonds is 8. The molecule has 0 aliphatic rings. The van der Waals surface area contributed by atoms with Crippen molar-refractivity contribution in [2.24, 2.45) is 0 Å². The Kier molecular flexibility index (Phi) is 6.54. The van der Waals surface area contributed by atoms with E-state index in [1.54, 1.807) is 21.3 Å². The van der Waals surface area contributed by atoms with Crippen LogP contribution in [0.3, 0.4) is 0 Å². The van der Waals surface area contributed by atoms with Crippen molar-refractivity contribution in [2.45, 2.75) is 25.8 Å². The van der Waals surface area contributed by atoms with Crippen LogP contribution in [0.1, 0.15) is 17.5 Å². The van der Waals surface area contributed by atoms with Gasteiger partial charge in [0.1, 0.15) is 0 Å². The molecule has 0 amide bonds. The van der Waals surface area contributed by atoms with Gasteiger partial charge in [0, 0.05) is 27.4 Å². The Bertz CT molecular complexity index is 581. The van der Waals surface area contributed by atoms with Gasteiger partial charge in [-0.15, -0.1) is 0 Å². The van der Waals surface area contributed by atoms with E-state index in [0.29, 0.717) is 0 Å². The first-order valence-electron chi connectivity index (χ1n) is 7.94. The van der Waals surface area contributed by atoms with Crippen LogP contribution in [0, 0.1) is 6.92 Å². The van der Waals surface area contributed by atoms with Crippen LogP contribution in [-0.2, 0) is 19.7 Å². The Morgan fingerprint density at radius 3 is 1.70 bits per heavy atom. The molecular weight excluding hydrogens is 304 g/mol. The standard InChI is InChI=1S/C19H26O3Si/c1-16-7-11-18(12-8-16)19-13-9-17(10-14-19)6-5-15-23(20-2,21-3)22-4/h7-14H,5-6,15H2,1-4H3. The number of hydrogen-bond donors (Lipinski definition) is 0. The Morgan fingerprint density at radius 2 is 1.22 bits per heavy atom. The Labute approximate surface area is 140 Å². The van der Waals surface area contributed by atoms with Crippen LogP contribution in [0.15, 0.2) is 48.5 Å². The molecule has 2 aromatic rings. The van der Waals surface area contributed by atoms with Gasteiger partial charge in [-0.25, -0.2) is 0 Å². The Morgan fingerprint density at radius 1 is 0.739 bits per heavy atom. The summed E-state index contributed by atoms with van der Waals surface area (Å²) in [5.74, 6) is 0. The van der Waals surface area contributed by atoms with E-state index in [1.165, 1.54) is 22.3 Å². The third-order valence-electron chi connectivity index (χ3n) is 4.22. The second-order valence-electron chi connectivity index (χ2n) is 5.71. The molecule has 0 N–H and O–H groups in total. The zero-order chi connectivity index (χ0) is 16.7. The molecule has 0 unspecified atom stereocenters. The summed E-state index contributed by atoms with van der Waals surface area (Å²) in [6, 6.07) is 18.2. The molecule has 3 nitrogen and oxygen atoms in total. The molecule has 0 aliphatic carbocycles. The third-order valence-corrected chi connectivity index (χ3v) is 7.05. The average molecular weight is 331 g/mol. The molecule has 0 radical (unpaired) electrons. The van der Waals surface area contributed by atoms with Crippen LogP contribution >= 0.6 is 0 Å². The molecule has 0 saturated heterocycles. The Hall–Kier alpha value is -1.46. The summed E-state index contributed by atoms with van der Waals surface area (Å²) < 4.78 is 16.4. The molecule has 124 valence electrons. The number of hydrogen-bond acceptors (Lipinski definition) is 3. The lowest BCUT2D eigenvalue weighted by molar-refractivity contribution is 0.123. The summed E-state index contributed by atoms with van der Waals surface area (Å²) in [6.07, 6.45) is 1.99. The van der Waals surface area contributed by atoms with Crippen LogP contribution in [-0.4, -0.2) is 30.1 Å². The summed E-state index contributed by atoms with van der Waals surface area (Å²) in [7, 11) is 2.55.